The lowest BCUT2D eigenvalue weighted by molar-refractivity contribution is 0.183. The average molecular weight is 231 g/mol. The minimum absolute atomic E-state index is 0.0253. The number of benzene rings is 1. The molecule has 3 N–H and O–H groups in total. The highest BCUT2D eigenvalue weighted by Gasteiger charge is 2.05. The van der Waals surface area contributed by atoms with Gasteiger partial charge in [0.25, 0.3) is 0 Å². The van der Waals surface area contributed by atoms with Crippen LogP contribution in [0.2, 0.25) is 5.02 Å². The van der Waals surface area contributed by atoms with E-state index in [-0.39, 0.29) is 13.2 Å². The first kappa shape index (κ1) is 12.3. The minimum Gasteiger partial charge on any atom is -0.395 e. The number of hydrogen-bond donors (Lipinski definition) is 3. The van der Waals surface area contributed by atoms with Crippen LogP contribution in [-0.2, 0) is 0 Å². The molecule has 15 heavy (non-hydrogen) atoms. The maximum atomic E-state index is 8.81. The number of anilines is 1. The molecular weight excluding hydrogens is 216 g/mol. The number of hydrogen-bond acceptors (Lipinski definition) is 4. The Morgan fingerprint density at radius 1 is 1.13 bits per heavy atom. The SMILES string of the molecule is OCCN(CCO)Nc1ccccc1Cl. The monoisotopic (exact) mass is 230 g/mol. The zero-order valence-electron chi connectivity index (χ0n) is 8.36. The van der Waals surface area contributed by atoms with E-state index in [1.165, 1.54) is 0 Å². The quantitative estimate of drug-likeness (QED) is 0.637. The molecule has 0 amide bonds. The molecule has 0 aliphatic rings. The third-order valence-electron chi connectivity index (χ3n) is 1.89. The lowest BCUT2D eigenvalue weighted by Gasteiger charge is -2.22. The fourth-order valence-corrected chi connectivity index (χ4v) is 1.37. The van der Waals surface area contributed by atoms with Crippen molar-refractivity contribution in [3.05, 3.63) is 29.3 Å². The Balaban J connectivity index is 2.60. The van der Waals surface area contributed by atoms with Crippen LogP contribution in [0, 0.1) is 0 Å². The molecule has 0 bridgehead atoms. The van der Waals surface area contributed by atoms with Gasteiger partial charge in [-0.1, -0.05) is 23.7 Å². The molecule has 4 nitrogen and oxygen atoms in total. The Morgan fingerprint density at radius 2 is 1.73 bits per heavy atom. The normalized spacial score (nSPS) is 10.7. The standard InChI is InChI=1S/C10H15ClN2O2/c11-9-3-1-2-4-10(9)12-13(5-7-14)6-8-15/h1-4,12,14-15H,5-8H2. The van der Waals surface area contributed by atoms with E-state index >= 15 is 0 Å². The molecule has 0 unspecified atom stereocenters. The van der Waals surface area contributed by atoms with Crippen molar-refractivity contribution >= 4 is 17.3 Å². The van der Waals surface area contributed by atoms with Gasteiger partial charge in [0.15, 0.2) is 0 Å². The molecule has 1 rings (SSSR count). The smallest absolute Gasteiger partial charge is 0.0676 e. The molecule has 1 aromatic rings. The Kier molecular flexibility index (Phi) is 5.42. The Morgan fingerprint density at radius 3 is 2.27 bits per heavy atom. The fraction of sp³-hybridized carbons (Fsp3) is 0.400. The van der Waals surface area contributed by atoms with Gasteiger partial charge in [0.2, 0.25) is 0 Å². The Labute approximate surface area is 94.1 Å². The number of aliphatic hydroxyl groups excluding tert-OH is 2. The second-order valence-corrected chi connectivity index (χ2v) is 3.43. The molecule has 0 atom stereocenters. The summed E-state index contributed by atoms with van der Waals surface area (Å²) in [4.78, 5) is 0. The van der Waals surface area contributed by atoms with E-state index in [1.54, 1.807) is 11.1 Å². The van der Waals surface area contributed by atoms with Crippen LogP contribution in [0.5, 0.6) is 0 Å². The van der Waals surface area contributed by atoms with Crippen molar-refractivity contribution in [3.8, 4) is 0 Å². The van der Waals surface area contributed by atoms with Gasteiger partial charge in [-0.2, -0.15) is 0 Å². The van der Waals surface area contributed by atoms with E-state index in [9.17, 15) is 0 Å². The second kappa shape index (κ2) is 6.63. The average Bonchev–Trinajstić information content (AvgIpc) is 2.22. The van der Waals surface area contributed by atoms with Crippen LogP contribution in [-0.4, -0.2) is 41.5 Å². The van der Waals surface area contributed by atoms with E-state index in [4.69, 9.17) is 21.8 Å². The van der Waals surface area contributed by atoms with Crippen molar-refractivity contribution in [2.45, 2.75) is 0 Å². The van der Waals surface area contributed by atoms with Crippen LogP contribution < -0.4 is 5.43 Å². The van der Waals surface area contributed by atoms with Crippen molar-refractivity contribution in [3.63, 3.8) is 0 Å². The first-order valence-electron chi connectivity index (χ1n) is 4.75. The molecule has 0 fully saturated rings. The third kappa shape index (κ3) is 4.05. The summed E-state index contributed by atoms with van der Waals surface area (Å²) in [7, 11) is 0. The Bertz CT molecular complexity index is 291. The van der Waals surface area contributed by atoms with Gasteiger partial charge in [0, 0.05) is 13.1 Å². The zero-order valence-corrected chi connectivity index (χ0v) is 9.11. The molecule has 0 aliphatic heterocycles. The highest BCUT2D eigenvalue weighted by atomic mass is 35.5. The maximum absolute atomic E-state index is 8.81. The highest BCUT2D eigenvalue weighted by molar-refractivity contribution is 6.33. The number of nitrogens with zero attached hydrogens (tertiary/aromatic N) is 1. The van der Waals surface area contributed by atoms with E-state index in [0.717, 1.165) is 5.69 Å². The number of nitrogens with one attached hydrogen (secondary N) is 1. The van der Waals surface area contributed by atoms with Gasteiger partial charge < -0.3 is 15.6 Å². The van der Waals surface area contributed by atoms with Crippen molar-refractivity contribution in [2.75, 3.05) is 31.7 Å². The summed E-state index contributed by atoms with van der Waals surface area (Å²) >= 11 is 5.95. The molecule has 0 saturated carbocycles. The molecule has 0 saturated heterocycles. The fourth-order valence-electron chi connectivity index (χ4n) is 1.19. The van der Waals surface area contributed by atoms with E-state index in [1.807, 2.05) is 18.2 Å². The minimum atomic E-state index is 0.0253. The van der Waals surface area contributed by atoms with Crippen LogP contribution in [0.3, 0.4) is 0 Å². The van der Waals surface area contributed by atoms with Crippen LogP contribution >= 0.6 is 11.6 Å². The predicted molar refractivity (Wildman–Crippen MR) is 60.8 cm³/mol. The van der Waals surface area contributed by atoms with Crippen molar-refractivity contribution < 1.29 is 10.2 Å². The number of para-hydroxylation sites is 1. The second-order valence-electron chi connectivity index (χ2n) is 3.03. The molecule has 5 heteroatoms. The summed E-state index contributed by atoms with van der Waals surface area (Å²) in [5.41, 5.74) is 3.80. The summed E-state index contributed by atoms with van der Waals surface area (Å²) in [5, 5.41) is 19.9. The summed E-state index contributed by atoms with van der Waals surface area (Å²) in [6.07, 6.45) is 0. The summed E-state index contributed by atoms with van der Waals surface area (Å²) < 4.78 is 0. The van der Waals surface area contributed by atoms with Crippen molar-refractivity contribution in [1.82, 2.24) is 5.01 Å². The topological polar surface area (TPSA) is 55.7 Å². The van der Waals surface area contributed by atoms with Crippen LogP contribution in [0.1, 0.15) is 0 Å². The third-order valence-corrected chi connectivity index (χ3v) is 2.22. The highest BCUT2D eigenvalue weighted by Crippen LogP contribution is 2.20. The number of aliphatic hydroxyl groups is 2. The summed E-state index contributed by atoms with van der Waals surface area (Å²) in [5.74, 6) is 0. The molecule has 0 aromatic heterocycles. The molecular formula is C10H15ClN2O2. The number of halogens is 1. The molecule has 84 valence electrons. The molecule has 1 aromatic carbocycles. The van der Waals surface area contributed by atoms with Crippen molar-refractivity contribution in [2.24, 2.45) is 0 Å². The van der Waals surface area contributed by atoms with Gasteiger partial charge >= 0.3 is 0 Å². The van der Waals surface area contributed by atoms with Crippen LogP contribution in [0.4, 0.5) is 5.69 Å². The van der Waals surface area contributed by atoms with Gasteiger partial charge in [-0.15, -0.1) is 0 Å². The lowest BCUT2D eigenvalue weighted by Crippen LogP contribution is -2.35. The predicted octanol–water partition coefficient (Wildman–Crippen LogP) is 0.953. The van der Waals surface area contributed by atoms with Crippen molar-refractivity contribution in [1.29, 1.82) is 0 Å². The van der Waals surface area contributed by atoms with E-state index in [2.05, 4.69) is 5.43 Å². The van der Waals surface area contributed by atoms with Gasteiger partial charge in [-0.05, 0) is 12.1 Å². The Hall–Kier alpha value is -0.810. The van der Waals surface area contributed by atoms with E-state index < -0.39 is 0 Å². The van der Waals surface area contributed by atoms with Gasteiger partial charge in [0.05, 0.1) is 23.9 Å². The molecule has 0 aliphatic carbocycles. The largest absolute Gasteiger partial charge is 0.395 e. The first-order chi connectivity index (χ1) is 7.27. The number of rotatable bonds is 6. The molecule has 0 spiro atoms. The first-order valence-corrected chi connectivity index (χ1v) is 5.13. The van der Waals surface area contributed by atoms with Gasteiger partial charge in [0.1, 0.15) is 0 Å². The summed E-state index contributed by atoms with van der Waals surface area (Å²) in [6.45, 7) is 0.923. The van der Waals surface area contributed by atoms with Crippen LogP contribution in [0.15, 0.2) is 24.3 Å². The van der Waals surface area contributed by atoms with Crippen LogP contribution in [0.25, 0.3) is 0 Å². The van der Waals surface area contributed by atoms with E-state index in [0.29, 0.717) is 18.1 Å². The number of hydrazine groups is 1. The molecule has 0 radical (unpaired) electrons. The van der Waals surface area contributed by atoms with Gasteiger partial charge in [-0.25, -0.2) is 5.01 Å². The lowest BCUT2D eigenvalue weighted by atomic mass is 10.3. The van der Waals surface area contributed by atoms with Gasteiger partial charge in [-0.3, -0.25) is 0 Å². The zero-order chi connectivity index (χ0) is 11.1. The maximum Gasteiger partial charge on any atom is 0.0676 e. The molecule has 0 heterocycles. The summed E-state index contributed by atoms with van der Waals surface area (Å²) in [6, 6.07) is 7.32.